The molecule has 0 unspecified atom stereocenters. The van der Waals surface area contributed by atoms with E-state index in [1.807, 2.05) is 0 Å². The van der Waals surface area contributed by atoms with Crippen LogP contribution in [0.25, 0.3) is 0 Å². The van der Waals surface area contributed by atoms with Gasteiger partial charge in [-0.2, -0.15) is 5.53 Å². The van der Waals surface area contributed by atoms with E-state index in [2.05, 4.69) is 26.9 Å². The lowest BCUT2D eigenvalue weighted by Crippen LogP contribution is -1.27. The Hall–Kier alpha value is -0.510. The van der Waals surface area contributed by atoms with Crippen LogP contribution in [-0.4, -0.2) is 0 Å². The van der Waals surface area contributed by atoms with Crippen molar-refractivity contribution in [2.75, 3.05) is 0 Å². The number of halogens is 1. The van der Waals surface area contributed by atoms with Gasteiger partial charge in [0.1, 0.15) is 0 Å². The van der Waals surface area contributed by atoms with E-state index < -0.39 is 0 Å². The normalized spacial score (nSPS) is 9.00. The highest BCUT2D eigenvalue weighted by Gasteiger charge is 1.46. The molecule has 0 aromatic heterocycles. The Labute approximate surface area is 33.4 Å². The summed E-state index contributed by atoms with van der Waals surface area (Å²) in [5, 5.41) is 5.08. The summed E-state index contributed by atoms with van der Waals surface area (Å²) in [7, 11) is 0. The highest BCUT2D eigenvalue weighted by Crippen LogP contribution is 1.76. The predicted octanol–water partition coefficient (Wildman–Crippen LogP) is 1.54. The van der Waals surface area contributed by atoms with Crippen LogP contribution < -0.4 is 0 Å². The van der Waals surface area contributed by atoms with Crippen molar-refractivity contribution in [3.8, 4) is 0 Å². The Balaban J connectivity index is 2.92. The third kappa shape index (κ3) is 3.49. The van der Waals surface area contributed by atoms with Crippen LogP contribution in [0.5, 0.6) is 0 Å². The molecule has 28 valence electrons. The van der Waals surface area contributed by atoms with E-state index in [-0.39, 0.29) is 0 Å². The largest absolute Gasteiger partial charge is 0.183 e. The fourth-order valence-electron chi connectivity index (χ4n) is 0.0169. The van der Waals surface area contributed by atoms with Gasteiger partial charge in [0.15, 0.2) is 0 Å². The molecule has 1 N–H and O–H groups in total. The maximum atomic E-state index is 5.88. The summed E-state index contributed by atoms with van der Waals surface area (Å²) in [5.74, 6) is 0. The molecule has 0 radical (unpaired) electrons. The molecule has 0 bridgehead atoms. The summed E-state index contributed by atoms with van der Waals surface area (Å²) in [5.41, 5.74) is 5.88. The molecule has 0 atom stereocenters. The fourth-order valence-corrected chi connectivity index (χ4v) is 0.0507. The summed E-state index contributed by atoms with van der Waals surface area (Å²) < 4.78 is 2.60. The van der Waals surface area contributed by atoms with Gasteiger partial charge in [-0.3, -0.25) is 0 Å². The molecule has 0 aromatic rings. The molecular weight excluding hydrogens is 91.5 g/mol. The maximum Gasteiger partial charge on any atom is 0.0622 e. The van der Waals surface area contributed by atoms with Crippen molar-refractivity contribution in [3.63, 3.8) is 0 Å². The minimum atomic E-state index is 2.43. The molecule has 0 rings (SSSR count). The Kier molecular flexibility index (Phi) is 3.13. The highest BCUT2D eigenvalue weighted by molar-refractivity contribution is 6.13. The second-order valence-corrected chi connectivity index (χ2v) is 0.416. The average molecular weight is 92.5 g/mol. The van der Waals surface area contributed by atoms with Gasteiger partial charge in [0.25, 0.3) is 0 Å². The van der Waals surface area contributed by atoms with Crippen LogP contribution >= 0.6 is 11.8 Å². The summed E-state index contributed by atoms with van der Waals surface area (Å²) in [4.78, 5) is 0. The Bertz CT molecular complexity index is 45.6. The van der Waals surface area contributed by atoms with Gasteiger partial charge in [-0.25, -0.2) is 0 Å². The molecule has 5 heteroatoms. The average Bonchev–Trinajstić information content (AvgIpc) is 1.41. The summed E-state index contributed by atoms with van der Waals surface area (Å²) >= 11 is 4.55. The monoisotopic (exact) mass is 92.0 g/mol. The van der Waals surface area contributed by atoms with E-state index in [9.17, 15) is 0 Å². The second-order valence-electron chi connectivity index (χ2n) is 0.265. The lowest BCUT2D eigenvalue weighted by Gasteiger charge is -1.51. The molecule has 0 aromatic carbocycles. The van der Waals surface area contributed by atoms with Crippen molar-refractivity contribution in [2.45, 2.75) is 0 Å². The van der Waals surface area contributed by atoms with Crippen LogP contribution in [0.2, 0.25) is 0 Å². The number of rotatable bonds is 1. The standard InChI is InChI=1S/ClHN4/c1-3-5-4-2/h2H/b4-2?,5-3+. The quantitative estimate of drug-likeness (QED) is 0.377. The summed E-state index contributed by atoms with van der Waals surface area (Å²) in [6.45, 7) is 0. The molecule has 0 saturated heterocycles. The van der Waals surface area contributed by atoms with Gasteiger partial charge in [-0.15, -0.1) is 0 Å². The van der Waals surface area contributed by atoms with Gasteiger partial charge < -0.3 is 0 Å². The Morgan fingerprint density at radius 1 is 1.60 bits per heavy atom. The van der Waals surface area contributed by atoms with E-state index in [4.69, 9.17) is 5.53 Å². The van der Waals surface area contributed by atoms with Crippen LogP contribution in [0.1, 0.15) is 0 Å². The van der Waals surface area contributed by atoms with Crippen molar-refractivity contribution in [1.82, 2.24) is 0 Å². The van der Waals surface area contributed by atoms with Crippen LogP contribution in [-0.2, 0) is 0 Å². The molecule has 0 amide bonds. The van der Waals surface area contributed by atoms with Crippen LogP contribution in [0.4, 0.5) is 0 Å². The first-order valence-corrected chi connectivity index (χ1v) is 1.13. The van der Waals surface area contributed by atoms with Gasteiger partial charge in [-0.05, 0) is 10.4 Å². The first-order chi connectivity index (χ1) is 2.41. The first-order valence-electron chi connectivity index (χ1n) is 0.793. The summed E-state index contributed by atoms with van der Waals surface area (Å²) in [6.07, 6.45) is 0. The fraction of sp³-hybridized carbons (Fsp3) is 0. The molecular formula is HClN4. The highest BCUT2D eigenvalue weighted by atomic mass is 35.5. The van der Waals surface area contributed by atoms with Gasteiger partial charge in [0.2, 0.25) is 0 Å². The van der Waals surface area contributed by atoms with Crippen LogP contribution in [0, 0.1) is 5.53 Å². The van der Waals surface area contributed by atoms with Crippen molar-refractivity contribution in [1.29, 1.82) is 5.53 Å². The molecule has 0 saturated carbocycles. The zero-order valence-corrected chi connectivity index (χ0v) is 2.98. The number of hydrogen-bond donors (Lipinski definition) is 1. The van der Waals surface area contributed by atoms with E-state index >= 15 is 0 Å². The van der Waals surface area contributed by atoms with Gasteiger partial charge in [0.05, 0.1) is 11.8 Å². The smallest absolute Gasteiger partial charge is 0.0622 e. The van der Waals surface area contributed by atoms with Gasteiger partial charge in [-0.1, -0.05) is 4.63 Å². The maximum absolute atomic E-state index is 5.88. The molecule has 0 aliphatic carbocycles. The number of hydrogen-bond acceptors (Lipinski definition) is 2. The third-order valence-electron chi connectivity index (χ3n) is 0.0785. The second kappa shape index (κ2) is 3.49. The SMILES string of the molecule is N=N/N=N/Cl. The van der Waals surface area contributed by atoms with Crippen molar-refractivity contribution >= 4 is 11.8 Å². The topological polar surface area (TPSA) is 60.9 Å². The Morgan fingerprint density at radius 2 is 2.20 bits per heavy atom. The minimum absolute atomic E-state index is 2.43. The summed E-state index contributed by atoms with van der Waals surface area (Å²) in [6, 6.07) is 0. The van der Waals surface area contributed by atoms with Gasteiger partial charge in [0, 0.05) is 0 Å². The lowest BCUT2D eigenvalue weighted by atomic mass is 12.6. The van der Waals surface area contributed by atoms with Crippen molar-refractivity contribution in [3.05, 3.63) is 0 Å². The Morgan fingerprint density at radius 3 is 2.20 bits per heavy atom. The lowest BCUT2D eigenvalue weighted by molar-refractivity contribution is 0.929. The third-order valence-corrected chi connectivity index (χ3v) is 0.146. The van der Waals surface area contributed by atoms with Crippen LogP contribution in [0.3, 0.4) is 0 Å². The van der Waals surface area contributed by atoms with Gasteiger partial charge >= 0.3 is 0 Å². The zero-order chi connectivity index (χ0) is 4.12. The van der Waals surface area contributed by atoms with Crippen LogP contribution in [0.15, 0.2) is 15.1 Å². The predicted molar refractivity (Wildman–Crippen MR) is 15.9 cm³/mol. The first kappa shape index (κ1) is 4.49. The molecule has 0 heterocycles. The van der Waals surface area contributed by atoms with E-state index in [0.717, 1.165) is 0 Å². The van der Waals surface area contributed by atoms with E-state index in [1.54, 1.807) is 0 Å². The molecule has 4 nitrogen and oxygen atoms in total. The molecule has 5 heavy (non-hydrogen) atoms. The minimum Gasteiger partial charge on any atom is -0.183 e. The number of nitrogens with zero attached hydrogens (tertiary/aromatic N) is 3. The molecule has 0 spiro atoms. The zero-order valence-electron chi connectivity index (χ0n) is 2.22. The van der Waals surface area contributed by atoms with E-state index in [1.165, 1.54) is 0 Å². The van der Waals surface area contributed by atoms with Crippen molar-refractivity contribution < 1.29 is 0 Å². The van der Waals surface area contributed by atoms with Crippen molar-refractivity contribution in [2.24, 2.45) is 15.1 Å². The molecule has 0 fully saturated rings. The van der Waals surface area contributed by atoms with E-state index in [0.29, 0.717) is 0 Å². The number of nitrogens with one attached hydrogen (secondary N) is 1. The molecule has 0 aliphatic heterocycles. The molecule has 0 aliphatic rings.